The maximum Gasteiger partial charge on any atom is 0.338 e. The SMILES string of the molecule is C=CCNS(=O)(=O)c1ccc(C(=O)OCC(=O)Nc2ccccc2Oc2ccccc2)cc1. The fraction of sp³-hybridized carbons (Fsp3) is 0.0833. The molecular weight excluding hydrogens is 444 g/mol. The van der Waals surface area contributed by atoms with Crippen LogP contribution in [0, 0.1) is 0 Å². The molecule has 170 valence electrons. The molecule has 33 heavy (non-hydrogen) atoms. The maximum atomic E-state index is 12.3. The van der Waals surface area contributed by atoms with Crippen molar-refractivity contribution in [3.05, 3.63) is 97.1 Å². The first kappa shape index (κ1) is 23.7. The van der Waals surface area contributed by atoms with E-state index in [-0.39, 0.29) is 17.0 Å². The molecule has 0 spiro atoms. The highest BCUT2D eigenvalue weighted by molar-refractivity contribution is 7.89. The predicted molar refractivity (Wildman–Crippen MR) is 124 cm³/mol. The molecule has 8 nitrogen and oxygen atoms in total. The van der Waals surface area contributed by atoms with E-state index in [1.807, 2.05) is 18.2 Å². The van der Waals surface area contributed by atoms with E-state index in [1.54, 1.807) is 36.4 Å². The van der Waals surface area contributed by atoms with Gasteiger partial charge in [0.25, 0.3) is 5.91 Å². The monoisotopic (exact) mass is 466 g/mol. The molecule has 0 aliphatic heterocycles. The number of benzene rings is 3. The van der Waals surface area contributed by atoms with Crippen LogP contribution in [0.25, 0.3) is 0 Å². The Morgan fingerprint density at radius 3 is 2.27 bits per heavy atom. The largest absolute Gasteiger partial charge is 0.455 e. The van der Waals surface area contributed by atoms with E-state index in [0.29, 0.717) is 17.2 Å². The van der Waals surface area contributed by atoms with E-state index in [0.717, 1.165) is 0 Å². The van der Waals surface area contributed by atoms with E-state index in [9.17, 15) is 18.0 Å². The molecule has 3 rings (SSSR count). The number of nitrogens with one attached hydrogen (secondary N) is 2. The Kier molecular flexibility index (Phi) is 7.96. The van der Waals surface area contributed by atoms with Gasteiger partial charge in [0.2, 0.25) is 10.0 Å². The third kappa shape index (κ3) is 6.76. The maximum absolute atomic E-state index is 12.3. The van der Waals surface area contributed by atoms with E-state index >= 15 is 0 Å². The van der Waals surface area contributed by atoms with Gasteiger partial charge in [-0.1, -0.05) is 36.4 Å². The van der Waals surface area contributed by atoms with Crippen LogP contribution in [0.15, 0.2) is 96.4 Å². The van der Waals surface area contributed by atoms with Crippen molar-refractivity contribution in [3.8, 4) is 11.5 Å². The highest BCUT2D eigenvalue weighted by Crippen LogP contribution is 2.29. The zero-order valence-corrected chi connectivity index (χ0v) is 18.4. The van der Waals surface area contributed by atoms with Crippen LogP contribution in [0.2, 0.25) is 0 Å². The van der Waals surface area contributed by atoms with Gasteiger partial charge < -0.3 is 14.8 Å². The zero-order valence-electron chi connectivity index (χ0n) is 17.6. The van der Waals surface area contributed by atoms with E-state index < -0.39 is 28.5 Å². The highest BCUT2D eigenvalue weighted by Gasteiger charge is 2.16. The van der Waals surface area contributed by atoms with Crippen molar-refractivity contribution < 1.29 is 27.5 Å². The third-order valence-electron chi connectivity index (χ3n) is 4.28. The highest BCUT2D eigenvalue weighted by atomic mass is 32.2. The molecule has 0 atom stereocenters. The van der Waals surface area contributed by atoms with Crippen LogP contribution in [0.1, 0.15) is 10.4 Å². The molecule has 0 saturated heterocycles. The second-order valence-corrected chi connectivity index (χ2v) is 8.47. The standard InChI is InChI=1S/C24H22N2O6S/c1-2-16-25-33(29,30)20-14-12-18(13-15-20)24(28)31-17-23(27)26-21-10-6-7-11-22(21)32-19-8-4-3-5-9-19/h2-15,25H,1,16-17H2,(H,26,27). The number of ether oxygens (including phenoxy) is 2. The summed E-state index contributed by atoms with van der Waals surface area (Å²) in [6.07, 6.45) is 1.42. The molecule has 0 aromatic heterocycles. The fourth-order valence-electron chi connectivity index (χ4n) is 2.70. The van der Waals surface area contributed by atoms with Crippen LogP contribution in [0.4, 0.5) is 5.69 Å². The minimum atomic E-state index is -3.70. The summed E-state index contributed by atoms with van der Waals surface area (Å²) in [7, 11) is -3.70. The van der Waals surface area contributed by atoms with Crippen molar-refractivity contribution in [2.24, 2.45) is 0 Å². The molecule has 0 aliphatic carbocycles. The van der Waals surface area contributed by atoms with Crippen LogP contribution in [0.5, 0.6) is 11.5 Å². The molecule has 3 aromatic carbocycles. The van der Waals surface area contributed by atoms with Crippen molar-refractivity contribution in [2.75, 3.05) is 18.5 Å². The number of para-hydroxylation sites is 3. The summed E-state index contributed by atoms with van der Waals surface area (Å²) in [4.78, 5) is 24.5. The molecule has 0 unspecified atom stereocenters. The Morgan fingerprint density at radius 2 is 1.58 bits per heavy atom. The number of anilines is 1. The third-order valence-corrected chi connectivity index (χ3v) is 5.72. The second-order valence-electron chi connectivity index (χ2n) is 6.70. The number of hydrogen-bond donors (Lipinski definition) is 2. The average molecular weight is 467 g/mol. The van der Waals surface area contributed by atoms with Crippen molar-refractivity contribution in [3.63, 3.8) is 0 Å². The molecule has 0 bridgehead atoms. The Labute approximate surface area is 191 Å². The molecule has 0 fully saturated rings. The summed E-state index contributed by atoms with van der Waals surface area (Å²) in [5.41, 5.74) is 0.530. The summed E-state index contributed by atoms with van der Waals surface area (Å²) in [5.74, 6) is -0.275. The van der Waals surface area contributed by atoms with E-state index in [2.05, 4.69) is 16.6 Å². The van der Waals surface area contributed by atoms with Crippen molar-refractivity contribution >= 4 is 27.6 Å². The Morgan fingerprint density at radius 1 is 0.909 bits per heavy atom. The summed E-state index contributed by atoms with van der Waals surface area (Å²) in [6, 6.07) is 21.1. The van der Waals surface area contributed by atoms with Gasteiger partial charge >= 0.3 is 5.97 Å². The van der Waals surface area contributed by atoms with Gasteiger partial charge in [-0.05, 0) is 48.5 Å². The van der Waals surface area contributed by atoms with Crippen LogP contribution in [0.3, 0.4) is 0 Å². The van der Waals surface area contributed by atoms with Crippen LogP contribution >= 0.6 is 0 Å². The summed E-state index contributed by atoms with van der Waals surface area (Å²) in [5, 5.41) is 2.65. The zero-order chi connectivity index (χ0) is 23.7. The normalized spacial score (nSPS) is 10.8. The number of rotatable bonds is 10. The lowest BCUT2D eigenvalue weighted by molar-refractivity contribution is -0.119. The lowest BCUT2D eigenvalue weighted by Gasteiger charge is -2.12. The molecule has 9 heteroatoms. The van der Waals surface area contributed by atoms with E-state index in [4.69, 9.17) is 9.47 Å². The minimum absolute atomic E-state index is 0.00586. The quantitative estimate of drug-likeness (QED) is 0.348. The minimum Gasteiger partial charge on any atom is -0.455 e. The van der Waals surface area contributed by atoms with Crippen LogP contribution < -0.4 is 14.8 Å². The Balaban J connectivity index is 1.57. The number of esters is 1. The number of sulfonamides is 1. The molecule has 0 aliphatic rings. The predicted octanol–water partition coefficient (Wildman–Crippen LogP) is 3.74. The van der Waals surface area contributed by atoms with Gasteiger partial charge in [0.1, 0.15) is 5.75 Å². The number of carbonyl (C=O) groups is 2. The molecule has 0 heterocycles. The van der Waals surface area contributed by atoms with Gasteiger partial charge in [-0.3, -0.25) is 4.79 Å². The van der Waals surface area contributed by atoms with Gasteiger partial charge in [0.05, 0.1) is 16.1 Å². The van der Waals surface area contributed by atoms with Gasteiger partial charge in [-0.15, -0.1) is 6.58 Å². The summed E-state index contributed by atoms with van der Waals surface area (Å²) in [6.45, 7) is 3.01. The first-order valence-electron chi connectivity index (χ1n) is 9.88. The lowest BCUT2D eigenvalue weighted by Crippen LogP contribution is -2.23. The van der Waals surface area contributed by atoms with Crippen LogP contribution in [-0.2, 0) is 19.6 Å². The molecule has 2 N–H and O–H groups in total. The van der Waals surface area contributed by atoms with E-state index in [1.165, 1.54) is 30.3 Å². The van der Waals surface area contributed by atoms with Gasteiger partial charge in [0, 0.05) is 6.54 Å². The molecule has 0 radical (unpaired) electrons. The smallest absolute Gasteiger partial charge is 0.338 e. The lowest BCUT2D eigenvalue weighted by atomic mass is 10.2. The Bertz CT molecular complexity index is 1230. The average Bonchev–Trinajstić information content (AvgIpc) is 2.83. The summed E-state index contributed by atoms with van der Waals surface area (Å²) < 4.78 is 37.3. The number of hydrogen-bond acceptors (Lipinski definition) is 6. The molecule has 3 aromatic rings. The van der Waals surface area contributed by atoms with Gasteiger partial charge in [0.15, 0.2) is 12.4 Å². The van der Waals surface area contributed by atoms with Crippen molar-refractivity contribution in [1.82, 2.24) is 4.72 Å². The number of carbonyl (C=O) groups excluding carboxylic acids is 2. The topological polar surface area (TPSA) is 111 Å². The Hall–Kier alpha value is -3.95. The first-order valence-corrected chi connectivity index (χ1v) is 11.4. The van der Waals surface area contributed by atoms with Gasteiger partial charge in [-0.2, -0.15) is 0 Å². The first-order chi connectivity index (χ1) is 15.9. The number of amides is 1. The van der Waals surface area contributed by atoms with Crippen molar-refractivity contribution in [1.29, 1.82) is 0 Å². The van der Waals surface area contributed by atoms with Crippen molar-refractivity contribution in [2.45, 2.75) is 4.90 Å². The molecule has 0 saturated carbocycles. The van der Waals surface area contributed by atoms with Crippen LogP contribution in [-0.4, -0.2) is 33.4 Å². The van der Waals surface area contributed by atoms with Gasteiger partial charge in [-0.25, -0.2) is 17.9 Å². The summed E-state index contributed by atoms with van der Waals surface area (Å²) >= 11 is 0. The second kappa shape index (κ2) is 11.1. The fourth-order valence-corrected chi connectivity index (χ4v) is 3.70. The molecular formula is C24H22N2O6S. The molecule has 1 amide bonds.